The van der Waals surface area contributed by atoms with Crippen molar-refractivity contribution in [3.63, 3.8) is 0 Å². The van der Waals surface area contributed by atoms with Gasteiger partial charge in [-0.2, -0.15) is 16.4 Å². The number of thioether (sulfide) groups is 1. The minimum absolute atomic E-state index is 0.589. The van der Waals surface area contributed by atoms with Crippen molar-refractivity contribution in [1.82, 2.24) is 20.2 Å². The molecule has 1 aromatic carbocycles. The highest BCUT2D eigenvalue weighted by Gasteiger charge is 2.13. The predicted molar refractivity (Wildman–Crippen MR) is 77.9 cm³/mol. The maximum absolute atomic E-state index is 4.00. The normalized spacial score (nSPS) is 16.5. The van der Waals surface area contributed by atoms with Crippen LogP contribution in [0.4, 0.5) is 5.69 Å². The van der Waals surface area contributed by atoms with E-state index in [0.29, 0.717) is 6.04 Å². The fourth-order valence-electron chi connectivity index (χ4n) is 2.28. The first kappa shape index (κ1) is 12.5. The zero-order chi connectivity index (χ0) is 13.1. The van der Waals surface area contributed by atoms with Crippen LogP contribution in [-0.2, 0) is 0 Å². The summed E-state index contributed by atoms with van der Waals surface area (Å²) in [7, 11) is 0. The monoisotopic (exact) mass is 275 g/mol. The van der Waals surface area contributed by atoms with E-state index in [1.165, 1.54) is 24.3 Å². The molecule has 19 heavy (non-hydrogen) atoms. The zero-order valence-corrected chi connectivity index (χ0v) is 11.7. The lowest BCUT2D eigenvalue weighted by Crippen LogP contribution is -2.24. The topological polar surface area (TPSA) is 55.6 Å². The predicted octanol–water partition coefficient (Wildman–Crippen LogP) is 2.28. The Hall–Kier alpha value is -1.56. The van der Waals surface area contributed by atoms with E-state index < -0.39 is 0 Å². The molecule has 0 spiro atoms. The van der Waals surface area contributed by atoms with Crippen molar-refractivity contribution in [3.8, 4) is 5.69 Å². The minimum atomic E-state index is 0.589. The summed E-state index contributed by atoms with van der Waals surface area (Å²) in [6.07, 6.45) is 2.47. The molecule has 0 radical (unpaired) electrons. The summed E-state index contributed by atoms with van der Waals surface area (Å²) in [6, 6.07) is 8.85. The third kappa shape index (κ3) is 2.89. The number of aromatic nitrogens is 4. The van der Waals surface area contributed by atoms with Crippen molar-refractivity contribution in [2.24, 2.45) is 0 Å². The van der Waals surface area contributed by atoms with Crippen molar-refractivity contribution < 1.29 is 0 Å². The van der Waals surface area contributed by atoms with Gasteiger partial charge in [0.05, 0.1) is 5.69 Å². The van der Waals surface area contributed by atoms with Gasteiger partial charge in [0, 0.05) is 11.7 Å². The van der Waals surface area contributed by atoms with Gasteiger partial charge in [0.15, 0.2) is 5.82 Å². The molecule has 2 aromatic rings. The fraction of sp³-hybridized carbons (Fsp3) is 0.462. The van der Waals surface area contributed by atoms with Gasteiger partial charge in [-0.15, -0.1) is 5.10 Å². The van der Waals surface area contributed by atoms with Crippen molar-refractivity contribution in [2.75, 3.05) is 16.8 Å². The molecule has 0 saturated carbocycles. The van der Waals surface area contributed by atoms with Gasteiger partial charge in [-0.05, 0) is 59.9 Å². The number of nitrogens with zero attached hydrogens (tertiary/aromatic N) is 4. The van der Waals surface area contributed by atoms with E-state index in [1.807, 2.05) is 30.8 Å². The molecule has 100 valence electrons. The lowest BCUT2D eigenvalue weighted by atomic mass is 10.1. The van der Waals surface area contributed by atoms with Crippen LogP contribution < -0.4 is 5.32 Å². The summed E-state index contributed by atoms with van der Waals surface area (Å²) in [4.78, 5) is 0. The number of aryl methyl sites for hydroxylation is 1. The maximum atomic E-state index is 4.00. The molecule has 1 fully saturated rings. The van der Waals surface area contributed by atoms with Crippen LogP contribution in [0.5, 0.6) is 0 Å². The molecule has 2 heterocycles. The summed E-state index contributed by atoms with van der Waals surface area (Å²) >= 11 is 2.04. The van der Waals surface area contributed by atoms with Gasteiger partial charge >= 0.3 is 0 Å². The van der Waals surface area contributed by atoms with E-state index in [9.17, 15) is 0 Å². The van der Waals surface area contributed by atoms with Gasteiger partial charge in [-0.1, -0.05) is 6.07 Å². The third-order valence-electron chi connectivity index (χ3n) is 3.31. The molecule has 1 N–H and O–H groups in total. The summed E-state index contributed by atoms with van der Waals surface area (Å²) in [5.74, 6) is 3.30. The fourth-order valence-corrected chi connectivity index (χ4v) is 3.38. The largest absolute Gasteiger partial charge is 0.382 e. The molecule has 0 bridgehead atoms. The first-order valence-electron chi connectivity index (χ1n) is 6.52. The molecule has 0 atom stereocenters. The van der Waals surface area contributed by atoms with Crippen LogP contribution in [0.3, 0.4) is 0 Å². The second kappa shape index (κ2) is 5.61. The molecule has 1 saturated heterocycles. The lowest BCUT2D eigenvalue weighted by Gasteiger charge is -2.23. The molecule has 1 aromatic heterocycles. The number of rotatable bonds is 3. The Morgan fingerprint density at radius 1 is 1.32 bits per heavy atom. The Kier molecular flexibility index (Phi) is 3.68. The van der Waals surface area contributed by atoms with Crippen LogP contribution in [-0.4, -0.2) is 37.8 Å². The summed E-state index contributed by atoms with van der Waals surface area (Å²) in [6.45, 7) is 1.90. The van der Waals surface area contributed by atoms with Gasteiger partial charge in [0.2, 0.25) is 0 Å². The SMILES string of the molecule is Cc1nnnn1-c1cccc(NC2CCSCC2)c1. The molecule has 1 aliphatic rings. The smallest absolute Gasteiger partial charge is 0.153 e. The highest BCUT2D eigenvalue weighted by Crippen LogP contribution is 2.22. The van der Waals surface area contributed by atoms with Crippen LogP contribution in [0.25, 0.3) is 5.69 Å². The molecule has 0 amide bonds. The Labute approximate surface area is 116 Å². The number of benzene rings is 1. The molecule has 0 unspecified atom stereocenters. The molecule has 1 aliphatic heterocycles. The van der Waals surface area contributed by atoms with Gasteiger partial charge in [-0.25, -0.2) is 0 Å². The minimum Gasteiger partial charge on any atom is -0.382 e. The molecular weight excluding hydrogens is 258 g/mol. The number of hydrogen-bond donors (Lipinski definition) is 1. The number of hydrogen-bond acceptors (Lipinski definition) is 5. The van der Waals surface area contributed by atoms with Crippen molar-refractivity contribution in [2.45, 2.75) is 25.8 Å². The van der Waals surface area contributed by atoms with Crippen molar-refractivity contribution in [1.29, 1.82) is 0 Å². The van der Waals surface area contributed by atoms with E-state index in [1.54, 1.807) is 4.68 Å². The van der Waals surface area contributed by atoms with Gasteiger partial charge in [0.1, 0.15) is 0 Å². The second-order valence-corrected chi connectivity index (χ2v) is 5.94. The maximum Gasteiger partial charge on any atom is 0.153 e. The van der Waals surface area contributed by atoms with E-state index >= 15 is 0 Å². The van der Waals surface area contributed by atoms with E-state index in [2.05, 4.69) is 33.0 Å². The van der Waals surface area contributed by atoms with Crippen LogP contribution >= 0.6 is 11.8 Å². The van der Waals surface area contributed by atoms with E-state index in [-0.39, 0.29) is 0 Å². The number of nitrogens with one attached hydrogen (secondary N) is 1. The average molecular weight is 275 g/mol. The summed E-state index contributed by atoms with van der Waals surface area (Å²) < 4.78 is 1.75. The highest BCUT2D eigenvalue weighted by atomic mass is 32.2. The Balaban J connectivity index is 1.78. The second-order valence-electron chi connectivity index (χ2n) is 4.72. The molecule has 6 heteroatoms. The summed E-state index contributed by atoms with van der Waals surface area (Å²) in [5.41, 5.74) is 2.14. The van der Waals surface area contributed by atoms with Crippen molar-refractivity contribution >= 4 is 17.4 Å². The van der Waals surface area contributed by atoms with E-state index in [4.69, 9.17) is 0 Å². The van der Waals surface area contributed by atoms with Crippen molar-refractivity contribution in [3.05, 3.63) is 30.1 Å². The van der Waals surface area contributed by atoms with Crippen LogP contribution in [0.2, 0.25) is 0 Å². The molecular formula is C13H17N5S. The Bertz CT molecular complexity index is 547. The third-order valence-corrected chi connectivity index (χ3v) is 4.36. The summed E-state index contributed by atoms with van der Waals surface area (Å²) in [5, 5.41) is 15.2. The first-order valence-corrected chi connectivity index (χ1v) is 7.68. The van der Waals surface area contributed by atoms with Crippen LogP contribution in [0.1, 0.15) is 18.7 Å². The molecule has 0 aliphatic carbocycles. The Morgan fingerprint density at radius 2 is 2.16 bits per heavy atom. The molecule has 3 rings (SSSR count). The lowest BCUT2D eigenvalue weighted by molar-refractivity contribution is 0.666. The van der Waals surface area contributed by atoms with Crippen LogP contribution in [0.15, 0.2) is 24.3 Å². The standard InChI is InChI=1S/C13H17N5S/c1-10-15-16-17-18(10)13-4-2-3-12(9-13)14-11-5-7-19-8-6-11/h2-4,9,11,14H,5-8H2,1H3. The molecule has 5 nitrogen and oxygen atoms in total. The van der Waals surface area contributed by atoms with Crippen LogP contribution in [0, 0.1) is 6.92 Å². The quantitative estimate of drug-likeness (QED) is 0.931. The average Bonchev–Trinajstić information content (AvgIpc) is 2.86. The van der Waals surface area contributed by atoms with Gasteiger partial charge in [-0.3, -0.25) is 0 Å². The Morgan fingerprint density at radius 3 is 2.89 bits per heavy atom. The first-order chi connectivity index (χ1) is 9.33. The highest BCUT2D eigenvalue weighted by molar-refractivity contribution is 7.99. The number of anilines is 1. The van der Waals surface area contributed by atoms with E-state index in [0.717, 1.165) is 17.2 Å². The van der Waals surface area contributed by atoms with Gasteiger partial charge in [0.25, 0.3) is 0 Å². The number of tetrazole rings is 1. The van der Waals surface area contributed by atoms with Gasteiger partial charge < -0.3 is 5.32 Å². The zero-order valence-electron chi connectivity index (χ0n) is 10.9.